The molecule has 2 rings (SSSR count). The highest BCUT2D eigenvalue weighted by Crippen LogP contribution is 2.42. The molecule has 0 aromatic heterocycles. The van der Waals surface area contributed by atoms with Crippen LogP contribution in [-0.4, -0.2) is 12.1 Å². The molecule has 118 valence electrons. The number of fused-ring (bicyclic) bond motifs is 2. The van der Waals surface area contributed by atoms with E-state index in [1.165, 1.54) is 44.9 Å². The molecule has 2 aliphatic rings. The highest BCUT2D eigenvalue weighted by Gasteiger charge is 2.34. The monoisotopic (exact) mass is 290 g/mol. The van der Waals surface area contributed by atoms with Crippen LogP contribution in [0.5, 0.6) is 0 Å². The van der Waals surface area contributed by atoms with Crippen molar-refractivity contribution in [3.8, 4) is 0 Å². The number of unbranched alkanes of at least 4 members (excludes halogenated alkanes) is 6. The minimum absolute atomic E-state index is 0.0681. The third kappa shape index (κ3) is 5.64. The fourth-order valence-corrected chi connectivity index (χ4v) is 3.50. The summed E-state index contributed by atoms with van der Waals surface area (Å²) in [6.45, 7) is 2.23. The van der Waals surface area contributed by atoms with E-state index in [2.05, 4.69) is 29.6 Å². The minimum atomic E-state index is 0.0681. The first-order chi connectivity index (χ1) is 10.3. The summed E-state index contributed by atoms with van der Waals surface area (Å²) in [5.74, 6) is 2.03. The van der Waals surface area contributed by atoms with Crippen LogP contribution in [0.3, 0.4) is 0 Å². The molecular formula is C18H30N2O. The Morgan fingerprint density at radius 2 is 1.90 bits per heavy atom. The first-order valence-electron chi connectivity index (χ1n) is 8.80. The van der Waals surface area contributed by atoms with E-state index in [0.29, 0.717) is 18.3 Å². The Balaban J connectivity index is 1.47. The van der Waals surface area contributed by atoms with Crippen molar-refractivity contribution in [2.45, 2.75) is 71.1 Å². The van der Waals surface area contributed by atoms with Crippen LogP contribution in [0.4, 0.5) is 0 Å². The van der Waals surface area contributed by atoms with E-state index in [1.807, 2.05) is 6.21 Å². The molecule has 0 aliphatic heterocycles. The van der Waals surface area contributed by atoms with Gasteiger partial charge in [0.1, 0.15) is 0 Å². The Bertz CT molecular complexity index is 375. The van der Waals surface area contributed by atoms with Crippen LogP contribution in [0.15, 0.2) is 17.3 Å². The fourth-order valence-electron chi connectivity index (χ4n) is 3.50. The van der Waals surface area contributed by atoms with Gasteiger partial charge in [0, 0.05) is 18.6 Å². The zero-order valence-electron chi connectivity index (χ0n) is 13.4. The van der Waals surface area contributed by atoms with E-state index < -0.39 is 0 Å². The average Bonchev–Trinajstić information content (AvgIpc) is 3.09. The predicted octanol–water partition coefficient (Wildman–Crippen LogP) is 4.44. The Hall–Kier alpha value is -1.12. The molecule has 21 heavy (non-hydrogen) atoms. The topological polar surface area (TPSA) is 41.5 Å². The van der Waals surface area contributed by atoms with E-state index in [9.17, 15) is 4.79 Å². The minimum Gasteiger partial charge on any atom is -0.273 e. The molecule has 2 bridgehead atoms. The molecule has 0 saturated heterocycles. The van der Waals surface area contributed by atoms with Crippen molar-refractivity contribution in [1.29, 1.82) is 0 Å². The number of nitrogens with one attached hydrogen (secondary N) is 1. The molecule has 3 unspecified atom stereocenters. The quantitative estimate of drug-likeness (QED) is 0.275. The number of hydrogen-bond acceptors (Lipinski definition) is 2. The molecule has 2 aliphatic carbocycles. The Kier molecular flexibility index (Phi) is 6.98. The zero-order chi connectivity index (χ0) is 14.9. The van der Waals surface area contributed by atoms with Gasteiger partial charge in [-0.15, -0.1) is 0 Å². The number of hydrogen-bond donors (Lipinski definition) is 1. The van der Waals surface area contributed by atoms with E-state index in [-0.39, 0.29) is 5.91 Å². The molecule has 0 radical (unpaired) electrons. The third-order valence-corrected chi connectivity index (χ3v) is 4.79. The normalized spacial score (nSPS) is 26.8. The average molecular weight is 290 g/mol. The van der Waals surface area contributed by atoms with Gasteiger partial charge in [0.15, 0.2) is 0 Å². The smallest absolute Gasteiger partial charge is 0.240 e. The maximum Gasteiger partial charge on any atom is 0.240 e. The van der Waals surface area contributed by atoms with Crippen LogP contribution in [0.25, 0.3) is 0 Å². The molecule has 3 atom stereocenters. The molecule has 1 saturated carbocycles. The van der Waals surface area contributed by atoms with Gasteiger partial charge in [0.2, 0.25) is 5.91 Å². The Morgan fingerprint density at radius 1 is 1.14 bits per heavy atom. The van der Waals surface area contributed by atoms with Gasteiger partial charge in [-0.05, 0) is 31.1 Å². The van der Waals surface area contributed by atoms with Gasteiger partial charge >= 0.3 is 0 Å². The maximum atomic E-state index is 11.7. The van der Waals surface area contributed by atoms with Crippen molar-refractivity contribution in [2.75, 3.05) is 0 Å². The molecule has 0 spiro atoms. The second-order valence-electron chi connectivity index (χ2n) is 6.63. The lowest BCUT2D eigenvalue weighted by atomic mass is 9.95. The first kappa shape index (κ1) is 16.3. The number of carbonyl (C=O) groups excluding carboxylic acids is 1. The Labute approximate surface area is 129 Å². The van der Waals surface area contributed by atoms with E-state index in [1.54, 1.807) is 0 Å². The number of amides is 1. The summed E-state index contributed by atoms with van der Waals surface area (Å²) in [6, 6.07) is 0. The van der Waals surface area contributed by atoms with E-state index >= 15 is 0 Å². The van der Waals surface area contributed by atoms with Crippen LogP contribution in [0, 0.1) is 17.8 Å². The van der Waals surface area contributed by atoms with Crippen LogP contribution in [0.2, 0.25) is 0 Å². The zero-order valence-corrected chi connectivity index (χ0v) is 13.4. The van der Waals surface area contributed by atoms with Gasteiger partial charge in [0.25, 0.3) is 0 Å². The van der Waals surface area contributed by atoms with Crippen molar-refractivity contribution in [3.63, 3.8) is 0 Å². The van der Waals surface area contributed by atoms with Gasteiger partial charge in [-0.1, -0.05) is 57.6 Å². The third-order valence-electron chi connectivity index (χ3n) is 4.79. The molecule has 1 N–H and O–H groups in total. The lowest BCUT2D eigenvalue weighted by molar-refractivity contribution is -0.121. The van der Waals surface area contributed by atoms with Crippen molar-refractivity contribution < 1.29 is 4.79 Å². The summed E-state index contributed by atoms with van der Waals surface area (Å²) in [4.78, 5) is 11.7. The SMILES string of the molecule is CCCCCCCCCC(=O)NN=CC1CC2C=CC1C2. The van der Waals surface area contributed by atoms with E-state index in [0.717, 1.165) is 18.8 Å². The van der Waals surface area contributed by atoms with Crippen LogP contribution < -0.4 is 5.43 Å². The Morgan fingerprint density at radius 3 is 2.57 bits per heavy atom. The summed E-state index contributed by atoms with van der Waals surface area (Å²) in [6.07, 6.45) is 18.4. The maximum absolute atomic E-state index is 11.7. The van der Waals surface area contributed by atoms with Gasteiger partial charge < -0.3 is 0 Å². The second-order valence-corrected chi connectivity index (χ2v) is 6.63. The largest absolute Gasteiger partial charge is 0.273 e. The van der Waals surface area contributed by atoms with Crippen molar-refractivity contribution in [2.24, 2.45) is 22.9 Å². The molecule has 3 heteroatoms. The van der Waals surface area contributed by atoms with Crippen LogP contribution in [-0.2, 0) is 4.79 Å². The molecule has 3 nitrogen and oxygen atoms in total. The molecule has 1 fully saturated rings. The molecular weight excluding hydrogens is 260 g/mol. The predicted molar refractivity (Wildman–Crippen MR) is 88.1 cm³/mol. The van der Waals surface area contributed by atoms with E-state index in [4.69, 9.17) is 0 Å². The van der Waals surface area contributed by atoms with Gasteiger partial charge in [-0.25, -0.2) is 5.43 Å². The fraction of sp³-hybridized carbons (Fsp3) is 0.778. The van der Waals surface area contributed by atoms with Crippen molar-refractivity contribution in [3.05, 3.63) is 12.2 Å². The summed E-state index contributed by atoms with van der Waals surface area (Å²) in [7, 11) is 0. The van der Waals surface area contributed by atoms with Crippen LogP contribution in [0.1, 0.15) is 71.1 Å². The summed E-state index contributed by atoms with van der Waals surface area (Å²) in [5, 5.41) is 4.15. The van der Waals surface area contributed by atoms with Gasteiger partial charge in [-0.3, -0.25) is 4.79 Å². The number of nitrogens with zero attached hydrogens (tertiary/aromatic N) is 1. The summed E-state index contributed by atoms with van der Waals surface area (Å²) < 4.78 is 0. The number of rotatable bonds is 10. The molecule has 1 amide bonds. The van der Waals surface area contributed by atoms with Gasteiger partial charge in [0.05, 0.1) is 0 Å². The van der Waals surface area contributed by atoms with Crippen LogP contribution >= 0.6 is 0 Å². The first-order valence-corrected chi connectivity index (χ1v) is 8.80. The lowest BCUT2D eigenvalue weighted by Crippen LogP contribution is -2.19. The molecule has 0 aromatic rings. The number of hydrazone groups is 1. The molecule has 0 aromatic carbocycles. The van der Waals surface area contributed by atoms with Crippen molar-refractivity contribution in [1.82, 2.24) is 5.43 Å². The second kappa shape index (κ2) is 9.01. The summed E-state index contributed by atoms with van der Waals surface area (Å²) >= 11 is 0. The van der Waals surface area contributed by atoms with Gasteiger partial charge in [-0.2, -0.15) is 5.10 Å². The van der Waals surface area contributed by atoms with Crippen molar-refractivity contribution >= 4 is 12.1 Å². The standard InChI is InChI=1S/C18H30N2O/c1-2-3-4-5-6-7-8-9-18(21)20-19-14-17-13-15-10-11-16(17)12-15/h10-11,14-17H,2-9,12-13H2,1H3,(H,20,21). The highest BCUT2D eigenvalue weighted by molar-refractivity contribution is 5.77. The molecule has 0 heterocycles. The summed E-state index contributed by atoms with van der Waals surface area (Å²) in [5.41, 5.74) is 2.69. The highest BCUT2D eigenvalue weighted by atomic mass is 16.2. The number of allylic oxidation sites excluding steroid dienone is 2. The number of carbonyl (C=O) groups is 1. The lowest BCUT2D eigenvalue weighted by Gasteiger charge is -2.11.